The minimum Gasteiger partial charge on any atom is -0.322 e. The first-order valence-electron chi connectivity index (χ1n) is 14.8. The van der Waals surface area contributed by atoms with Crippen LogP contribution >= 0.6 is 0 Å². The number of fused-ring (bicyclic) bond motifs is 2. The summed E-state index contributed by atoms with van der Waals surface area (Å²) in [6.45, 7) is 11.9. The molecule has 0 fully saturated rings. The highest BCUT2D eigenvalue weighted by atomic mass is 16.2. The topological polar surface area (TPSA) is 58.2 Å². The number of anilines is 2. The second-order valence-corrected chi connectivity index (χ2v) is 10.8. The van der Waals surface area contributed by atoms with E-state index >= 15 is 0 Å². The number of hydrogen-bond donors (Lipinski definition) is 2. The molecule has 0 aromatic heterocycles. The van der Waals surface area contributed by atoms with Gasteiger partial charge in [-0.25, -0.2) is 0 Å². The second-order valence-electron chi connectivity index (χ2n) is 10.8. The van der Waals surface area contributed by atoms with Crippen molar-refractivity contribution in [1.29, 1.82) is 0 Å². The summed E-state index contributed by atoms with van der Waals surface area (Å²) in [6.07, 6.45) is 8.55. The summed E-state index contributed by atoms with van der Waals surface area (Å²) in [6, 6.07) is 24.0. The largest absolute Gasteiger partial charge is 0.322 e. The molecule has 4 aromatic carbocycles. The Morgan fingerprint density at radius 2 is 1.00 bits per heavy atom. The third kappa shape index (κ3) is 6.28. The fourth-order valence-electron chi connectivity index (χ4n) is 5.84. The van der Waals surface area contributed by atoms with Crippen LogP contribution < -0.4 is 10.6 Å². The number of benzene rings is 4. The van der Waals surface area contributed by atoms with Crippen LogP contribution in [0.4, 0.5) is 11.4 Å². The highest BCUT2D eigenvalue weighted by molar-refractivity contribution is 6.06. The lowest BCUT2D eigenvalue weighted by Crippen LogP contribution is -2.18. The van der Waals surface area contributed by atoms with Crippen LogP contribution in [0.3, 0.4) is 0 Å². The predicted octanol–water partition coefficient (Wildman–Crippen LogP) is 8.49. The first kappa shape index (κ1) is 28.8. The Morgan fingerprint density at radius 1 is 0.619 bits per heavy atom. The van der Waals surface area contributed by atoms with Crippen molar-refractivity contribution in [1.82, 2.24) is 0 Å². The lowest BCUT2D eigenvalue weighted by Gasteiger charge is -2.22. The van der Waals surface area contributed by atoms with Crippen molar-refractivity contribution in [2.45, 2.75) is 52.4 Å². The second kappa shape index (κ2) is 12.9. The summed E-state index contributed by atoms with van der Waals surface area (Å²) in [5, 5.41) is 6.16. The average molecular weight is 555 g/mol. The molecule has 5 rings (SSSR count). The maximum atomic E-state index is 13.4. The zero-order chi connectivity index (χ0) is 29.6. The monoisotopic (exact) mass is 554 g/mol. The van der Waals surface area contributed by atoms with E-state index in [9.17, 15) is 9.59 Å². The molecule has 0 heterocycles. The van der Waals surface area contributed by atoms with E-state index in [1.807, 2.05) is 48.5 Å². The number of aryl methyl sites for hydroxylation is 6. The Labute approximate surface area is 249 Å². The standard InChI is InChI=1S/C38H38N2O2/c1-5-25-11-9-13-33(19-25)39-37(41)35-23-31-17-18-32-24-36(38(42)40-34-14-10-12-26(6-2)20-34)28(8-4)22-30(32)16-15-29(31)21-27(35)7-3/h5-6,9-14,19-24H,1-2,7-8,15-18H2,3-4H3,(H,39,41)(H,40,42). The Morgan fingerprint density at radius 3 is 1.36 bits per heavy atom. The Balaban J connectivity index is 1.41. The lowest BCUT2D eigenvalue weighted by molar-refractivity contribution is 0.101. The van der Waals surface area contributed by atoms with Crippen molar-refractivity contribution in [3.63, 3.8) is 0 Å². The van der Waals surface area contributed by atoms with Gasteiger partial charge in [0.2, 0.25) is 0 Å². The van der Waals surface area contributed by atoms with Gasteiger partial charge in [-0.15, -0.1) is 0 Å². The molecule has 0 saturated heterocycles. The van der Waals surface area contributed by atoms with Gasteiger partial charge in [-0.1, -0.05) is 75.6 Å². The van der Waals surface area contributed by atoms with Crippen molar-refractivity contribution < 1.29 is 9.59 Å². The van der Waals surface area contributed by atoms with Gasteiger partial charge in [-0.3, -0.25) is 9.59 Å². The molecule has 2 amide bonds. The normalized spacial score (nSPS) is 12.2. The van der Waals surface area contributed by atoms with Crippen molar-refractivity contribution in [2.75, 3.05) is 10.6 Å². The molecule has 212 valence electrons. The predicted molar refractivity (Wildman–Crippen MR) is 175 cm³/mol. The van der Waals surface area contributed by atoms with E-state index < -0.39 is 0 Å². The third-order valence-corrected chi connectivity index (χ3v) is 8.19. The lowest BCUT2D eigenvalue weighted by atomic mass is 9.84. The van der Waals surface area contributed by atoms with Gasteiger partial charge in [0.15, 0.2) is 0 Å². The molecule has 1 aliphatic rings. The molecule has 0 unspecified atom stereocenters. The van der Waals surface area contributed by atoms with Crippen molar-refractivity contribution in [2.24, 2.45) is 0 Å². The summed E-state index contributed by atoms with van der Waals surface area (Å²) in [5.41, 5.74) is 12.0. The number of carbonyl (C=O) groups is 2. The number of rotatable bonds is 8. The SMILES string of the molecule is C=Cc1cccc(NC(=O)c2cc3c(cc2CC)CCc2cc(CC)c(C(=O)Nc4cccc(C=C)c4)cc2CC3)c1. The Hall–Kier alpha value is -4.70. The maximum absolute atomic E-state index is 13.4. The summed E-state index contributed by atoms with van der Waals surface area (Å²) in [7, 11) is 0. The molecule has 4 heteroatoms. The average Bonchev–Trinajstić information content (AvgIpc) is 3.01. The van der Waals surface area contributed by atoms with Gasteiger partial charge in [-0.2, -0.15) is 0 Å². The molecule has 4 nitrogen and oxygen atoms in total. The first-order valence-corrected chi connectivity index (χ1v) is 14.8. The summed E-state index contributed by atoms with van der Waals surface area (Å²) >= 11 is 0. The summed E-state index contributed by atoms with van der Waals surface area (Å²) in [5.74, 6) is -0.184. The molecular formula is C38H38N2O2. The van der Waals surface area contributed by atoms with Gasteiger partial charge >= 0.3 is 0 Å². The molecule has 4 aromatic rings. The van der Waals surface area contributed by atoms with E-state index in [0.717, 1.165) is 83.3 Å². The quantitative estimate of drug-likeness (QED) is 0.229. The van der Waals surface area contributed by atoms with E-state index in [1.165, 1.54) is 22.3 Å². The number of hydrogen-bond acceptors (Lipinski definition) is 2. The van der Waals surface area contributed by atoms with E-state index in [0.29, 0.717) is 0 Å². The van der Waals surface area contributed by atoms with Crippen LogP contribution in [0.25, 0.3) is 12.2 Å². The molecule has 0 spiro atoms. The van der Waals surface area contributed by atoms with E-state index in [-0.39, 0.29) is 11.8 Å². The van der Waals surface area contributed by atoms with E-state index in [2.05, 4.69) is 61.9 Å². The van der Waals surface area contributed by atoms with Crippen LogP contribution in [0.5, 0.6) is 0 Å². The highest BCUT2D eigenvalue weighted by Gasteiger charge is 2.20. The van der Waals surface area contributed by atoms with Gasteiger partial charge in [0, 0.05) is 22.5 Å². The van der Waals surface area contributed by atoms with Crippen molar-refractivity contribution in [3.05, 3.63) is 142 Å². The fourth-order valence-corrected chi connectivity index (χ4v) is 5.84. The molecule has 0 bridgehead atoms. The minimum absolute atomic E-state index is 0.0922. The third-order valence-electron chi connectivity index (χ3n) is 8.19. The number of nitrogens with one attached hydrogen (secondary N) is 2. The van der Waals surface area contributed by atoms with Crippen LogP contribution in [-0.2, 0) is 38.5 Å². The minimum atomic E-state index is -0.0922. The number of amides is 2. The Bertz CT molecular complexity index is 1560. The van der Waals surface area contributed by atoms with Crippen molar-refractivity contribution in [3.8, 4) is 0 Å². The van der Waals surface area contributed by atoms with Crippen LogP contribution in [0.2, 0.25) is 0 Å². The number of carbonyl (C=O) groups excluding carboxylic acids is 2. The van der Waals surface area contributed by atoms with E-state index in [1.54, 1.807) is 12.2 Å². The zero-order valence-electron chi connectivity index (χ0n) is 24.6. The highest BCUT2D eigenvalue weighted by Crippen LogP contribution is 2.29. The van der Waals surface area contributed by atoms with Gasteiger partial charge in [0.25, 0.3) is 11.8 Å². The smallest absolute Gasteiger partial charge is 0.255 e. The molecule has 42 heavy (non-hydrogen) atoms. The molecule has 0 radical (unpaired) electrons. The van der Waals surface area contributed by atoms with E-state index in [4.69, 9.17) is 0 Å². The van der Waals surface area contributed by atoms with Crippen LogP contribution in [-0.4, -0.2) is 11.8 Å². The van der Waals surface area contributed by atoms with Gasteiger partial charge in [0.1, 0.15) is 0 Å². The summed E-state index contributed by atoms with van der Waals surface area (Å²) < 4.78 is 0. The fraction of sp³-hybridized carbons (Fsp3) is 0.211. The van der Waals surface area contributed by atoms with Crippen LogP contribution in [0.1, 0.15) is 79.1 Å². The maximum Gasteiger partial charge on any atom is 0.255 e. The van der Waals surface area contributed by atoms with Crippen molar-refractivity contribution >= 4 is 35.3 Å². The summed E-state index contributed by atoms with van der Waals surface area (Å²) in [4.78, 5) is 26.9. The zero-order valence-corrected chi connectivity index (χ0v) is 24.6. The molecule has 0 aliphatic heterocycles. The van der Waals surface area contributed by atoms with Crippen LogP contribution in [0.15, 0.2) is 86.0 Å². The first-order chi connectivity index (χ1) is 20.4. The molecule has 1 aliphatic carbocycles. The molecule has 0 atom stereocenters. The van der Waals surface area contributed by atoms with Crippen LogP contribution in [0, 0.1) is 0 Å². The van der Waals surface area contributed by atoms with Gasteiger partial charge in [0.05, 0.1) is 0 Å². The molecule has 2 N–H and O–H groups in total. The van der Waals surface area contributed by atoms with Gasteiger partial charge < -0.3 is 10.6 Å². The molecular weight excluding hydrogens is 516 g/mol. The Kier molecular flexibility index (Phi) is 8.83. The van der Waals surface area contributed by atoms with Gasteiger partial charge in [-0.05, 0) is 119 Å². The molecule has 0 saturated carbocycles.